The molecule has 1 aliphatic rings. The molecule has 2 rings (SSSR count). The minimum atomic E-state index is -5.27. The molecule has 0 bridgehead atoms. The summed E-state index contributed by atoms with van der Waals surface area (Å²) in [6.07, 6.45) is 6.88. The number of rotatable bonds is 3. The summed E-state index contributed by atoms with van der Waals surface area (Å²) in [5.41, 5.74) is -4.65. The number of anilines is 1. The van der Waals surface area contributed by atoms with Crippen molar-refractivity contribution in [2.24, 2.45) is 0 Å². The molecular formula is C13H14F3NO2S. The fourth-order valence-electron chi connectivity index (χ4n) is 2.02. The number of hydrogen-bond acceptors (Lipinski definition) is 3. The van der Waals surface area contributed by atoms with Crippen molar-refractivity contribution in [3.63, 3.8) is 0 Å². The standard InChI is InChI=1S/C13H14F3NO2S/c14-13(15,16)20(18,19)12-8-6-11(7-9-12)17-10-4-2-1-3-5-10/h1-2,6-10,17H,3-5H2. The first-order chi connectivity index (χ1) is 9.30. The number of halogens is 3. The van der Waals surface area contributed by atoms with E-state index in [4.69, 9.17) is 0 Å². The van der Waals surface area contributed by atoms with Crippen LogP contribution in [0.3, 0.4) is 0 Å². The van der Waals surface area contributed by atoms with Gasteiger partial charge in [-0.1, -0.05) is 12.2 Å². The van der Waals surface area contributed by atoms with Crippen LogP contribution < -0.4 is 5.32 Å². The van der Waals surface area contributed by atoms with Crippen LogP contribution in [-0.2, 0) is 9.84 Å². The van der Waals surface area contributed by atoms with Crippen molar-refractivity contribution in [1.82, 2.24) is 0 Å². The van der Waals surface area contributed by atoms with E-state index < -0.39 is 20.2 Å². The second kappa shape index (κ2) is 5.47. The first-order valence-electron chi connectivity index (χ1n) is 6.13. The number of hydrogen-bond donors (Lipinski definition) is 1. The van der Waals surface area contributed by atoms with Crippen LogP contribution in [0.15, 0.2) is 41.3 Å². The number of nitrogens with one attached hydrogen (secondary N) is 1. The molecule has 20 heavy (non-hydrogen) atoms. The van der Waals surface area contributed by atoms with Gasteiger partial charge in [-0.05, 0) is 43.5 Å². The van der Waals surface area contributed by atoms with Gasteiger partial charge < -0.3 is 5.32 Å². The quantitative estimate of drug-likeness (QED) is 0.869. The van der Waals surface area contributed by atoms with Crippen molar-refractivity contribution >= 4 is 15.5 Å². The van der Waals surface area contributed by atoms with E-state index in [0.717, 1.165) is 31.4 Å². The van der Waals surface area contributed by atoms with E-state index >= 15 is 0 Å². The van der Waals surface area contributed by atoms with E-state index in [1.165, 1.54) is 12.1 Å². The molecule has 0 heterocycles. The highest BCUT2D eigenvalue weighted by atomic mass is 32.2. The zero-order valence-corrected chi connectivity index (χ0v) is 11.3. The van der Waals surface area contributed by atoms with Gasteiger partial charge in [0.05, 0.1) is 4.90 Å². The van der Waals surface area contributed by atoms with Crippen LogP contribution >= 0.6 is 0 Å². The molecule has 3 nitrogen and oxygen atoms in total. The highest BCUT2D eigenvalue weighted by molar-refractivity contribution is 7.92. The topological polar surface area (TPSA) is 46.2 Å². The molecule has 0 fully saturated rings. The molecule has 0 spiro atoms. The smallest absolute Gasteiger partial charge is 0.382 e. The molecule has 1 aromatic rings. The summed E-state index contributed by atoms with van der Waals surface area (Å²) < 4.78 is 59.5. The van der Waals surface area contributed by atoms with E-state index in [0.29, 0.717) is 5.69 Å². The molecule has 0 amide bonds. The van der Waals surface area contributed by atoms with Crippen molar-refractivity contribution in [1.29, 1.82) is 0 Å². The summed E-state index contributed by atoms with van der Waals surface area (Å²) in [6, 6.07) is 4.90. The minimum Gasteiger partial charge on any atom is -0.382 e. The van der Waals surface area contributed by atoms with Gasteiger partial charge in [0.15, 0.2) is 0 Å². The minimum absolute atomic E-state index is 0.227. The van der Waals surface area contributed by atoms with Gasteiger partial charge in [0.1, 0.15) is 0 Å². The highest BCUT2D eigenvalue weighted by Crippen LogP contribution is 2.30. The van der Waals surface area contributed by atoms with Gasteiger partial charge in [-0.25, -0.2) is 8.42 Å². The van der Waals surface area contributed by atoms with Crippen LogP contribution in [0.2, 0.25) is 0 Å². The summed E-state index contributed by atoms with van der Waals surface area (Å²) in [5.74, 6) is 0. The molecule has 0 aliphatic heterocycles. The van der Waals surface area contributed by atoms with Crippen LogP contribution in [0.1, 0.15) is 19.3 Å². The number of benzene rings is 1. The molecule has 1 aromatic carbocycles. The van der Waals surface area contributed by atoms with Crippen molar-refractivity contribution < 1.29 is 21.6 Å². The Labute approximate surface area is 115 Å². The predicted octanol–water partition coefficient (Wildman–Crippen LogP) is 3.50. The van der Waals surface area contributed by atoms with Crippen molar-refractivity contribution in [2.45, 2.75) is 35.7 Å². The van der Waals surface area contributed by atoms with Crippen molar-refractivity contribution in [3.8, 4) is 0 Å². The van der Waals surface area contributed by atoms with Crippen LogP contribution in [0.4, 0.5) is 18.9 Å². The Kier molecular flexibility index (Phi) is 4.08. The molecule has 0 saturated heterocycles. The zero-order chi connectivity index (χ0) is 14.8. The molecule has 7 heteroatoms. The molecular weight excluding hydrogens is 291 g/mol. The lowest BCUT2D eigenvalue weighted by atomic mass is 10.0. The second-order valence-corrected chi connectivity index (χ2v) is 6.54. The second-order valence-electron chi connectivity index (χ2n) is 4.60. The number of alkyl halides is 3. The van der Waals surface area contributed by atoms with Crippen molar-refractivity contribution in [2.75, 3.05) is 5.32 Å². The summed E-state index contributed by atoms with van der Waals surface area (Å²) in [5, 5.41) is 3.17. The Morgan fingerprint density at radius 3 is 2.25 bits per heavy atom. The Morgan fingerprint density at radius 2 is 1.75 bits per heavy atom. The fraction of sp³-hybridized carbons (Fsp3) is 0.385. The van der Waals surface area contributed by atoms with Gasteiger partial charge in [0.25, 0.3) is 9.84 Å². The normalized spacial score (nSPS) is 19.9. The van der Waals surface area contributed by atoms with Gasteiger partial charge in [0, 0.05) is 11.7 Å². The summed E-state index contributed by atoms with van der Waals surface area (Å²) in [6.45, 7) is 0. The molecule has 1 N–H and O–H groups in total. The van der Waals surface area contributed by atoms with E-state index in [1.807, 2.05) is 6.08 Å². The Bertz CT molecular complexity index is 591. The maximum Gasteiger partial charge on any atom is 0.501 e. The number of sulfone groups is 1. The summed E-state index contributed by atoms with van der Waals surface area (Å²) in [7, 11) is -5.27. The Balaban J connectivity index is 2.12. The van der Waals surface area contributed by atoms with Gasteiger partial charge in [-0.3, -0.25) is 0 Å². The van der Waals surface area contributed by atoms with Crippen LogP contribution in [0, 0.1) is 0 Å². The Morgan fingerprint density at radius 1 is 1.10 bits per heavy atom. The van der Waals surface area contributed by atoms with Gasteiger partial charge in [-0.15, -0.1) is 0 Å². The SMILES string of the molecule is O=S(=O)(c1ccc(NC2CC=CCC2)cc1)C(F)(F)F. The van der Waals surface area contributed by atoms with Crippen LogP contribution in [0.5, 0.6) is 0 Å². The molecule has 110 valence electrons. The molecule has 1 atom stereocenters. The van der Waals surface area contributed by atoms with Gasteiger partial charge >= 0.3 is 5.51 Å². The summed E-state index contributed by atoms with van der Waals surface area (Å²) >= 11 is 0. The third kappa shape index (κ3) is 3.15. The third-order valence-corrected chi connectivity index (χ3v) is 4.61. The van der Waals surface area contributed by atoms with Crippen LogP contribution in [0.25, 0.3) is 0 Å². The van der Waals surface area contributed by atoms with E-state index in [1.54, 1.807) is 0 Å². The lowest BCUT2D eigenvalue weighted by Gasteiger charge is -2.20. The predicted molar refractivity (Wildman–Crippen MR) is 70.1 cm³/mol. The maximum absolute atomic E-state index is 12.4. The largest absolute Gasteiger partial charge is 0.501 e. The maximum atomic E-state index is 12.4. The van der Waals surface area contributed by atoms with E-state index in [9.17, 15) is 21.6 Å². The van der Waals surface area contributed by atoms with E-state index in [2.05, 4.69) is 11.4 Å². The first-order valence-corrected chi connectivity index (χ1v) is 7.62. The average molecular weight is 305 g/mol. The van der Waals surface area contributed by atoms with E-state index in [-0.39, 0.29) is 6.04 Å². The van der Waals surface area contributed by atoms with Crippen LogP contribution in [-0.4, -0.2) is 20.0 Å². The molecule has 0 aromatic heterocycles. The lowest BCUT2D eigenvalue weighted by Crippen LogP contribution is -2.23. The number of allylic oxidation sites excluding steroid dienone is 1. The lowest BCUT2D eigenvalue weighted by molar-refractivity contribution is -0.0436. The first kappa shape index (κ1) is 14.9. The molecule has 1 aliphatic carbocycles. The highest BCUT2D eigenvalue weighted by Gasteiger charge is 2.46. The molecule has 1 unspecified atom stereocenters. The molecule has 0 radical (unpaired) electrons. The summed E-state index contributed by atoms with van der Waals surface area (Å²) in [4.78, 5) is -0.737. The fourth-order valence-corrected chi connectivity index (χ4v) is 2.79. The average Bonchev–Trinajstić information content (AvgIpc) is 2.39. The van der Waals surface area contributed by atoms with Gasteiger partial charge in [0.2, 0.25) is 0 Å². The monoisotopic (exact) mass is 305 g/mol. The zero-order valence-electron chi connectivity index (χ0n) is 10.5. The third-order valence-electron chi connectivity index (χ3n) is 3.11. The van der Waals surface area contributed by atoms with Gasteiger partial charge in [-0.2, -0.15) is 13.2 Å². The molecule has 0 saturated carbocycles. The Hall–Kier alpha value is -1.50. The van der Waals surface area contributed by atoms with Crippen molar-refractivity contribution in [3.05, 3.63) is 36.4 Å².